The van der Waals surface area contributed by atoms with Crippen molar-refractivity contribution in [1.29, 1.82) is 0 Å². The lowest BCUT2D eigenvalue weighted by atomic mass is 9.93. The van der Waals surface area contributed by atoms with Gasteiger partial charge < -0.3 is 15.0 Å². The van der Waals surface area contributed by atoms with Crippen molar-refractivity contribution < 1.29 is 9.53 Å². The standard InChI is InChI=1S/C17H28N2O2/c20-17(18-15-10-14-8-9-16(15)21-14)19(11-12-6-7-12)13-4-2-1-3-5-13/h12-16H,1-11H2,(H,18,20)/t14-,15+,16-/m1/s1. The molecule has 2 saturated carbocycles. The Morgan fingerprint density at radius 1 is 1.05 bits per heavy atom. The lowest BCUT2D eigenvalue weighted by molar-refractivity contribution is 0.0952. The van der Waals surface area contributed by atoms with Crippen molar-refractivity contribution in [3.8, 4) is 0 Å². The molecule has 2 aliphatic heterocycles. The van der Waals surface area contributed by atoms with Gasteiger partial charge in [-0.3, -0.25) is 0 Å². The Hall–Kier alpha value is -0.770. The minimum absolute atomic E-state index is 0.190. The van der Waals surface area contributed by atoms with Crippen LogP contribution in [0.15, 0.2) is 0 Å². The lowest BCUT2D eigenvalue weighted by Gasteiger charge is -2.36. The quantitative estimate of drug-likeness (QED) is 0.865. The fraction of sp³-hybridized carbons (Fsp3) is 0.941. The summed E-state index contributed by atoms with van der Waals surface area (Å²) in [6.07, 6.45) is 13.0. The van der Waals surface area contributed by atoms with E-state index in [-0.39, 0.29) is 18.2 Å². The van der Waals surface area contributed by atoms with E-state index >= 15 is 0 Å². The highest BCUT2D eigenvalue weighted by Crippen LogP contribution is 2.35. The SMILES string of the molecule is O=C(N[C@H]1C[C@H]2CC[C@H]1O2)N(CC1CC1)C1CCCCC1. The van der Waals surface area contributed by atoms with E-state index in [0.717, 1.165) is 25.3 Å². The smallest absolute Gasteiger partial charge is 0.317 e. The van der Waals surface area contributed by atoms with E-state index in [1.54, 1.807) is 0 Å². The van der Waals surface area contributed by atoms with Crippen LogP contribution < -0.4 is 5.32 Å². The summed E-state index contributed by atoms with van der Waals surface area (Å²) in [5.41, 5.74) is 0. The van der Waals surface area contributed by atoms with Crippen molar-refractivity contribution in [3.63, 3.8) is 0 Å². The van der Waals surface area contributed by atoms with Crippen LogP contribution in [0.3, 0.4) is 0 Å². The first-order chi connectivity index (χ1) is 10.3. The molecule has 3 atom stereocenters. The second-order valence-electron chi connectivity index (χ2n) is 7.55. The highest BCUT2D eigenvalue weighted by atomic mass is 16.5. The zero-order valence-electron chi connectivity index (χ0n) is 12.9. The molecule has 21 heavy (non-hydrogen) atoms. The first-order valence-electron chi connectivity index (χ1n) is 9.02. The van der Waals surface area contributed by atoms with E-state index in [2.05, 4.69) is 10.2 Å². The maximum atomic E-state index is 12.8. The Bertz CT molecular complexity index is 390. The van der Waals surface area contributed by atoms with Crippen LogP contribution in [-0.2, 0) is 4.74 Å². The van der Waals surface area contributed by atoms with E-state index in [0.29, 0.717) is 12.1 Å². The number of rotatable bonds is 4. The van der Waals surface area contributed by atoms with Crippen molar-refractivity contribution in [2.24, 2.45) is 5.92 Å². The molecule has 0 spiro atoms. The number of urea groups is 1. The van der Waals surface area contributed by atoms with E-state index < -0.39 is 0 Å². The molecule has 0 aromatic carbocycles. The molecule has 2 aliphatic carbocycles. The fourth-order valence-electron chi connectivity index (χ4n) is 4.40. The second kappa shape index (κ2) is 5.79. The molecule has 2 bridgehead atoms. The van der Waals surface area contributed by atoms with Gasteiger partial charge in [-0.05, 0) is 50.9 Å². The summed E-state index contributed by atoms with van der Waals surface area (Å²) < 4.78 is 5.87. The normalized spacial score (nSPS) is 35.9. The molecule has 4 heteroatoms. The van der Waals surface area contributed by atoms with Crippen LogP contribution in [-0.4, -0.2) is 41.8 Å². The summed E-state index contributed by atoms with van der Waals surface area (Å²) in [5.74, 6) is 0.772. The van der Waals surface area contributed by atoms with Gasteiger partial charge >= 0.3 is 6.03 Å². The third kappa shape index (κ3) is 3.05. The summed E-state index contributed by atoms with van der Waals surface area (Å²) in [6, 6.07) is 0.940. The van der Waals surface area contributed by atoms with Crippen LogP contribution in [0, 0.1) is 5.92 Å². The number of amides is 2. The predicted octanol–water partition coefficient (Wildman–Crippen LogP) is 3.06. The topological polar surface area (TPSA) is 41.6 Å². The first-order valence-corrected chi connectivity index (χ1v) is 9.02. The number of carbonyl (C=O) groups is 1. The molecule has 2 saturated heterocycles. The molecule has 4 aliphatic rings. The third-order valence-corrected chi connectivity index (χ3v) is 5.84. The van der Waals surface area contributed by atoms with Crippen LogP contribution in [0.2, 0.25) is 0 Å². The summed E-state index contributed by atoms with van der Waals surface area (Å²) >= 11 is 0. The average Bonchev–Trinajstić information content (AvgIpc) is 3.10. The summed E-state index contributed by atoms with van der Waals surface area (Å²) in [6.45, 7) is 0.984. The molecule has 0 unspecified atom stereocenters. The van der Waals surface area contributed by atoms with Crippen molar-refractivity contribution in [2.45, 2.75) is 88.5 Å². The number of hydrogen-bond acceptors (Lipinski definition) is 2. The Morgan fingerprint density at radius 3 is 2.48 bits per heavy atom. The van der Waals surface area contributed by atoms with Gasteiger partial charge in [-0.1, -0.05) is 19.3 Å². The molecule has 2 heterocycles. The van der Waals surface area contributed by atoms with Gasteiger partial charge in [-0.2, -0.15) is 0 Å². The highest BCUT2D eigenvalue weighted by molar-refractivity contribution is 5.75. The summed E-state index contributed by atoms with van der Waals surface area (Å²) in [7, 11) is 0. The van der Waals surface area contributed by atoms with Crippen LogP contribution >= 0.6 is 0 Å². The van der Waals surface area contributed by atoms with E-state index in [1.165, 1.54) is 51.4 Å². The van der Waals surface area contributed by atoms with E-state index in [9.17, 15) is 4.79 Å². The van der Waals surface area contributed by atoms with Crippen molar-refractivity contribution >= 4 is 6.03 Å². The zero-order chi connectivity index (χ0) is 14.2. The zero-order valence-corrected chi connectivity index (χ0v) is 12.9. The Labute approximate surface area is 127 Å². The van der Waals surface area contributed by atoms with Gasteiger partial charge in [0, 0.05) is 12.6 Å². The predicted molar refractivity (Wildman–Crippen MR) is 81.1 cm³/mol. The molecule has 0 radical (unpaired) electrons. The van der Waals surface area contributed by atoms with Crippen molar-refractivity contribution in [3.05, 3.63) is 0 Å². The second-order valence-corrected chi connectivity index (χ2v) is 7.55. The first kappa shape index (κ1) is 13.9. The third-order valence-electron chi connectivity index (χ3n) is 5.84. The molecule has 4 rings (SSSR count). The van der Waals surface area contributed by atoms with Gasteiger partial charge in [0.25, 0.3) is 0 Å². The molecule has 1 N–H and O–H groups in total. The number of nitrogens with one attached hydrogen (secondary N) is 1. The van der Waals surface area contributed by atoms with Crippen LogP contribution in [0.25, 0.3) is 0 Å². The number of ether oxygens (including phenoxy) is 1. The fourth-order valence-corrected chi connectivity index (χ4v) is 4.40. The summed E-state index contributed by atoms with van der Waals surface area (Å²) in [4.78, 5) is 15.0. The van der Waals surface area contributed by atoms with Crippen molar-refractivity contribution in [2.75, 3.05) is 6.54 Å². The Kier molecular flexibility index (Phi) is 3.82. The molecule has 0 aromatic heterocycles. The van der Waals surface area contributed by atoms with Crippen LogP contribution in [0.1, 0.15) is 64.2 Å². The van der Waals surface area contributed by atoms with Crippen LogP contribution in [0.5, 0.6) is 0 Å². The minimum Gasteiger partial charge on any atom is -0.373 e. The maximum Gasteiger partial charge on any atom is 0.317 e. The minimum atomic E-state index is 0.190. The van der Waals surface area contributed by atoms with E-state index in [4.69, 9.17) is 4.74 Å². The molecule has 2 amide bonds. The van der Waals surface area contributed by atoms with E-state index in [1.807, 2.05) is 0 Å². The highest BCUT2D eigenvalue weighted by Gasteiger charge is 2.42. The van der Waals surface area contributed by atoms with Gasteiger partial charge in [0.15, 0.2) is 0 Å². The van der Waals surface area contributed by atoms with Gasteiger partial charge in [0.2, 0.25) is 0 Å². The molecular formula is C17H28N2O2. The lowest BCUT2D eigenvalue weighted by Crippen LogP contribution is -2.52. The number of hydrogen-bond donors (Lipinski definition) is 1. The number of nitrogens with zero attached hydrogens (tertiary/aromatic N) is 1. The number of fused-ring (bicyclic) bond motifs is 2. The molecule has 118 valence electrons. The van der Waals surface area contributed by atoms with Gasteiger partial charge in [-0.15, -0.1) is 0 Å². The largest absolute Gasteiger partial charge is 0.373 e. The molecular weight excluding hydrogens is 264 g/mol. The Balaban J connectivity index is 1.38. The number of carbonyl (C=O) groups excluding carboxylic acids is 1. The maximum absolute atomic E-state index is 12.8. The average molecular weight is 292 g/mol. The summed E-state index contributed by atoms with van der Waals surface area (Å²) in [5, 5.41) is 3.30. The molecule has 4 fully saturated rings. The van der Waals surface area contributed by atoms with Crippen molar-refractivity contribution in [1.82, 2.24) is 10.2 Å². The molecule has 4 nitrogen and oxygen atoms in total. The van der Waals surface area contributed by atoms with Gasteiger partial charge in [0.05, 0.1) is 18.2 Å². The molecule has 0 aromatic rings. The van der Waals surface area contributed by atoms with Gasteiger partial charge in [0.1, 0.15) is 0 Å². The Morgan fingerprint density at radius 2 is 1.86 bits per heavy atom. The van der Waals surface area contributed by atoms with Gasteiger partial charge in [-0.25, -0.2) is 4.79 Å². The van der Waals surface area contributed by atoms with Crippen LogP contribution in [0.4, 0.5) is 4.79 Å². The monoisotopic (exact) mass is 292 g/mol.